The Hall–Kier alpha value is -3.59. The summed E-state index contributed by atoms with van der Waals surface area (Å²) in [7, 11) is 0. The van der Waals surface area contributed by atoms with E-state index in [2.05, 4.69) is 40.0 Å². The fourth-order valence-corrected chi connectivity index (χ4v) is 5.08. The summed E-state index contributed by atoms with van der Waals surface area (Å²) in [6.07, 6.45) is -0.538. The number of fused-ring (bicyclic) bond motifs is 2. The van der Waals surface area contributed by atoms with Crippen molar-refractivity contribution in [2.45, 2.75) is 6.54 Å². The lowest BCUT2D eigenvalue weighted by Gasteiger charge is -2.33. The number of nitrogen functional groups attached to an aromatic ring is 1. The second-order valence-corrected chi connectivity index (χ2v) is 9.47. The molecule has 2 saturated heterocycles. The van der Waals surface area contributed by atoms with Crippen LogP contribution in [0.15, 0.2) is 23.7 Å². The zero-order valence-corrected chi connectivity index (χ0v) is 20.3. The number of nitrogens with zero attached hydrogens (tertiary/aromatic N) is 7. The molecular weight excluding hydrogens is 484 g/mol. The molecule has 0 atom stereocenters. The summed E-state index contributed by atoms with van der Waals surface area (Å²) in [6, 6.07) is 5.57. The van der Waals surface area contributed by atoms with Crippen molar-refractivity contribution in [1.29, 1.82) is 0 Å². The van der Waals surface area contributed by atoms with Crippen molar-refractivity contribution >= 4 is 56.3 Å². The molecule has 0 unspecified atom stereocenters. The van der Waals surface area contributed by atoms with E-state index in [1.165, 1.54) is 11.3 Å². The number of ether oxygens (including phenoxy) is 1. The quantitative estimate of drug-likeness (QED) is 0.360. The number of carbonyl (C=O) groups excluding carboxylic acids is 1. The van der Waals surface area contributed by atoms with Gasteiger partial charge in [-0.1, -0.05) is 0 Å². The molecule has 4 aromatic rings. The smallest absolute Gasteiger partial charge is 0.379 e. The zero-order chi connectivity index (χ0) is 24.5. The third kappa shape index (κ3) is 4.88. The first-order valence-corrected chi connectivity index (χ1v) is 12.6. The van der Waals surface area contributed by atoms with Crippen LogP contribution in [0.2, 0.25) is 0 Å². The summed E-state index contributed by atoms with van der Waals surface area (Å²) in [4.78, 5) is 44.2. The first-order chi connectivity index (χ1) is 17.6. The highest BCUT2D eigenvalue weighted by molar-refractivity contribution is 7.16. The van der Waals surface area contributed by atoms with Crippen molar-refractivity contribution in [1.82, 2.24) is 34.9 Å². The molecule has 1 aromatic carbocycles. The van der Waals surface area contributed by atoms with Crippen molar-refractivity contribution in [3.63, 3.8) is 0 Å². The maximum absolute atomic E-state index is 12.5. The highest BCUT2D eigenvalue weighted by Gasteiger charge is 2.24. The largest absolute Gasteiger partial charge is 0.430 e. The number of carbonyl (C=O) groups is 1. The molecule has 1 amide bonds. The Labute approximate surface area is 210 Å². The molecule has 36 heavy (non-hydrogen) atoms. The number of aromatic amines is 1. The Morgan fingerprint density at radius 1 is 1.14 bits per heavy atom. The number of piperazine rings is 1. The van der Waals surface area contributed by atoms with Gasteiger partial charge in [-0.2, -0.15) is 4.98 Å². The molecule has 0 saturated carbocycles. The predicted molar refractivity (Wildman–Crippen MR) is 136 cm³/mol. The van der Waals surface area contributed by atoms with Gasteiger partial charge < -0.3 is 25.2 Å². The number of H-pyrrole nitrogens is 1. The molecule has 0 spiro atoms. The van der Waals surface area contributed by atoms with E-state index < -0.39 is 6.09 Å². The van der Waals surface area contributed by atoms with Crippen LogP contribution in [0.25, 0.3) is 21.4 Å². The Morgan fingerprint density at radius 2 is 1.97 bits per heavy atom. The number of rotatable bonds is 5. The molecule has 13 nitrogen and oxygen atoms in total. The molecule has 6 rings (SSSR count). The molecule has 2 aliphatic heterocycles. The van der Waals surface area contributed by atoms with E-state index in [4.69, 9.17) is 15.3 Å². The number of imidazole rings is 1. The molecule has 0 bridgehead atoms. The van der Waals surface area contributed by atoms with Crippen LogP contribution in [0.5, 0.6) is 0 Å². The molecule has 188 valence electrons. The second-order valence-electron chi connectivity index (χ2n) is 8.64. The fraction of sp³-hybridized carbons (Fsp3) is 0.409. The number of hydroxylamine groups is 2. The average molecular weight is 511 g/mol. The van der Waals surface area contributed by atoms with E-state index in [9.17, 15) is 4.79 Å². The Balaban J connectivity index is 1.04. The minimum Gasteiger partial charge on any atom is -0.379 e. The highest BCUT2D eigenvalue weighted by Crippen LogP contribution is 2.27. The minimum absolute atomic E-state index is 0.224. The van der Waals surface area contributed by atoms with Crippen LogP contribution in [0.4, 0.5) is 22.2 Å². The summed E-state index contributed by atoms with van der Waals surface area (Å²) in [6.45, 7) is 6.29. The molecule has 4 N–H and O–H groups in total. The van der Waals surface area contributed by atoms with E-state index in [1.54, 1.807) is 10.6 Å². The second kappa shape index (κ2) is 9.81. The van der Waals surface area contributed by atoms with Gasteiger partial charge in [-0.3, -0.25) is 10.2 Å². The number of nitrogens with two attached hydrogens (primary N) is 1. The summed E-state index contributed by atoms with van der Waals surface area (Å²) in [5.74, 6) is 1.83. The number of anilines is 3. The van der Waals surface area contributed by atoms with Crippen molar-refractivity contribution < 1.29 is 14.4 Å². The van der Waals surface area contributed by atoms with E-state index in [-0.39, 0.29) is 5.95 Å². The average Bonchev–Trinajstić information content (AvgIpc) is 3.50. The molecule has 2 aliphatic rings. The molecule has 2 fully saturated rings. The van der Waals surface area contributed by atoms with Crippen molar-refractivity contribution in [2.75, 3.05) is 68.4 Å². The first-order valence-electron chi connectivity index (χ1n) is 11.7. The van der Waals surface area contributed by atoms with E-state index in [0.717, 1.165) is 60.1 Å². The van der Waals surface area contributed by atoms with Gasteiger partial charge in [-0.05, 0) is 18.2 Å². The van der Waals surface area contributed by atoms with Gasteiger partial charge in [-0.25, -0.2) is 19.7 Å². The monoisotopic (exact) mass is 510 g/mol. The maximum Gasteiger partial charge on any atom is 0.430 e. The van der Waals surface area contributed by atoms with Gasteiger partial charge in [0.1, 0.15) is 11.3 Å². The molecule has 14 heteroatoms. The molecule has 5 heterocycles. The van der Waals surface area contributed by atoms with Crippen LogP contribution in [0.1, 0.15) is 5.82 Å². The topological polar surface area (TPSA) is 151 Å². The highest BCUT2D eigenvalue weighted by atomic mass is 32.1. The Morgan fingerprint density at radius 3 is 2.81 bits per heavy atom. The lowest BCUT2D eigenvalue weighted by atomic mass is 10.3. The van der Waals surface area contributed by atoms with E-state index >= 15 is 0 Å². The van der Waals surface area contributed by atoms with Gasteiger partial charge in [0, 0.05) is 31.9 Å². The van der Waals surface area contributed by atoms with Crippen molar-refractivity contribution in [3.05, 3.63) is 29.5 Å². The number of hydrogen-bond donors (Lipinski definition) is 3. The van der Waals surface area contributed by atoms with Gasteiger partial charge in [0.05, 0.1) is 49.4 Å². The normalized spacial score (nSPS) is 17.6. The zero-order valence-electron chi connectivity index (χ0n) is 19.5. The van der Waals surface area contributed by atoms with Crippen LogP contribution in [0, 0.1) is 0 Å². The minimum atomic E-state index is -0.538. The Kier molecular flexibility index (Phi) is 6.23. The van der Waals surface area contributed by atoms with E-state index in [0.29, 0.717) is 37.7 Å². The van der Waals surface area contributed by atoms with Crippen LogP contribution >= 0.6 is 11.3 Å². The number of amides is 1. The van der Waals surface area contributed by atoms with Gasteiger partial charge in [-0.15, -0.1) is 16.4 Å². The van der Waals surface area contributed by atoms with Gasteiger partial charge >= 0.3 is 6.09 Å². The van der Waals surface area contributed by atoms with Gasteiger partial charge in [0.2, 0.25) is 5.95 Å². The third-order valence-corrected chi connectivity index (χ3v) is 6.92. The summed E-state index contributed by atoms with van der Waals surface area (Å²) in [5, 5.41) is 4.45. The molecule has 0 radical (unpaired) electrons. The van der Waals surface area contributed by atoms with Gasteiger partial charge in [0.25, 0.3) is 0 Å². The molecule has 0 aliphatic carbocycles. The number of nitrogens with one attached hydrogen (secondary N) is 2. The lowest BCUT2D eigenvalue weighted by molar-refractivity contribution is -0.0966. The number of aromatic nitrogens is 5. The predicted octanol–water partition coefficient (Wildman–Crippen LogP) is 1.66. The maximum atomic E-state index is 12.5. The summed E-state index contributed by atoms with van der Waals surface area (Å²) in [5.41, 5.74) is 10.7. The third-order valence-electron chi connectivity index (χ3n) is 6.20. The molecular formula is C22H26N10O3S. The van der Waals surface area contributed by atoms with Crippen LogP contribution in [0.3, 0.4) is 0 Å². The number of morpholine rings is 1. The van der Waals surface area contributed by atoms with Crippen molar-refractivity contribution in [2.24, 2.45) is 0 Å². The summed E-state index contributed by atoms with van der Waals surface area (Å²) < 4.78 is 5.40. The van der Waals surface area contributed by atoms with Gasteiger partial charge in [0.15, 0.2) is 10.6 Å². The van der Waals surface area contributed by atoms with E-state index in [1.807, 2.05) is 18.2 Å². The van der Waals surface area contributed by atoms with Crippen molar-refractivity contribution in [3.8, 4) is 0 Å². The first kappa shape index (κ1) is 22.8. The summed E-state index contributed by atoms with van der Waals surface area (Å²) >= 11 is 1.43. The lowest BCUT2D eigenvalue weighted by Crippen LogP contribution is -2.47. The number of hydrogen-bond acceptors (Lipinski definition) is 12. The fourth-order valence-electron chi connectivity index (χ4n) is 4.42. The number of benzene rings is 1. The number of thiazole rings is 1. The van der Waals surface area contributed by atoms with Crippen LogP contribution < -0.4 is 16.0 Å². The van der Waals surface area contributed by atoms with Crippen LogP contribution in [-0.2, 0) is 16.1 Å². The molecule has 3 aromatic heterocycles. The standard InChI is InChI=1S/C22H26N10O3S/c23-21-28-19(18-20(29-21)36-13-24-18)31-3-5-32(6-4-31)35-22(33)25-14-1-2-15-16(11-14)27-17(26-15)12-30-7-9-34-10-8-30/h1-2,11,13H,3-10,12H2,(H,25,33)(H,26,27)(H2,23,28,29). The SMILES string of the molecule is Nc1nc(N2CCN(OC(=O)Nc3ccc4nc(CN5CCOCC5)[nH]c4c3)CC2)c2ncsc2n1. The van der Waals surface area contributed by atoms with Crippen LogP contribution in [-0.4, -0.2) is 93.5 Å². The Bertz CT molecular complexity index is 1380.